The summed E-state index contributed by atoms with van der Waals surface area (Å²) in [5.41, 5.74) is 1.33. The van der Waals surface area contributed by atoms with Gasteiger partial charge in [0.25, 0.3) is 5.91 Å². The fourth-order valence-corrected chi connectivity index (χ4v) is 2.73. The molecule has 0 saturated carbocycles. The molecule has 0 heterocycles. The number of ether oxygens (including phenoxy) is 1. The Kier molecular flexibility index (Phi) is 8.42. The average Bonchev–Trinajstić information content (AvgIpc) is 2.65. The third-order valence-electron chi connectivity index (χ3n) is 3.57. The van der Waals surface area contributed by atoms with Crippen LogP contribution in [0.3, 0.4) is 0 Å². The second-order valence-corrected chi connectivity index (χ2v) is 6.83. The summed E-state index contributed by atoms with van der Waals surface area (Å²) in [4.78, 5) is 34.9. The summed E-state index contributed by atoms with van der Waals surface area (Å²) >= 11 is 3.38. The summed E-state index contributed by atoms with van der Waals surface area (Å²) in [6.07, 6.45) is 3.80. The Balaban J connectivity index is 1.69. The van der Waals surface area contributed by atoms with Crippen molar-refractivity contribution in [3.05, 3.63) is 70.2 Å². The van der Waals surface area contributed by atoms with Gasteiger partial charge in [-0.05, 0) is 48.4 Å². The first-order valence-electron chi connectivity index (χ1n) is 8.72. The van der Waals surface area contributed by atoms with E-state index in [4.69, 9.17) is 4.74 Å². The maximum absolute atomic E-state index is 12.1. The summed E-state index contributed by atoms with van der Waals surface area (Å²) in [5.74, 6) is -0.581. The second kappa shape index (κ2) is 11.0. The lowest BCUT2D eigenvalue weighted by molar-refractivity contribution is -0.131. The van der Waals surface area contributed by atoms with Gasteiger partial charge in [-0.3, -0.25) is 14.4 Å². The highest BCUT2D eigenvalue weighted by Crippen LogP contribution is 2.14. The van der Waals surface area contributed by atoms with Crippen LogP contribution in [-0.4, -0.2) is 30.9 Å². The number of hydrogen-bond donors (Lipinski definition) is 2. The highest BCUT2D eigenvalue weighted by atomic mass is 79.9. The van der Waals surface area contributed by atoms with E-state index in [9.17, 15) is 14.4 Å². The largest absolute Gasteiger partial charge is 0.427 e. The molecule has 0 aliphatic heterocycles. The SMILES string of the molecule is CC(=O)Oc1cccc(C(=O)NCCCNC(=O)/C=C/c2cccc(Br)c2)c1. The minimum atomic E-state index is -0.442. The summed E-state index contributed by atoms with van der Waals surface area (Å²) in [5, 5.41) is 5.53. The third kappa shape index (κ3) is 7.75. The molecule has 6 nitrogen and oxygen atoms in total. The van der Waals surface area contributed by atoms with Crippen molar-refractivity contribution in [3.8, 4) is 5.75 Å². The van der Waals surface area contributed by atoms with Crippen molar-refractivity contribution in [2.75, 3.05) is 13.1 Å². The molecule has 2 amide bonds. The fourth-order valence-electron chi connectivity index (χ4n) is 2.31. The fraction of sp³-hybridized carbons (Fsp3) is 0.190. The molecule has 2 aromatic rings. The molecule has 0 atom stereocenters. The zero-order chi connectivity index (χ0) is 20.4. The highest BCUT2D eigenvalue weighted by molar-refractivity contribution is 9.10. The molecule has 0 bridgehead atoms. The molecule has 0 fully saturated rings. The number of amides is 2. The molecule has 0 spiro atoms. The molecule has 0 radical (unpaired) electrons. The van der Waals surface area contributed by atoms with E-state index in [2.05, 4.69) is 26.6 Å². The van der Waals surface area contributed by atoms with Crippen molar-refractivity contribution >= 4 is 39.8 Å². The van der Waals surface area contributed by atoms with Crippen LogP contribution in [0.4, 0.5) is 0 Å². The Hall–Kier alpha value is -2.93. The number of rotatable bonds is 8. The lowest BCUT2D eigenvalue weighted by atomic mass is 10.2. The normalized spacial score (nSPS) is 10.5. The minimum Gasteiger partial charge on any atom is -0.427 e. The Labute approximate surface area is 172 Å². The van der Waals surface area contributed by atoms with Crippen molar-refractivity contribution in [2.24, 2.45) is 0 Å². The monoisotopic (exact) mass is 444 g/mol. The number of hydrogen-bond acceptors (Lipinski definition) is 4. The maximum Gasteiger partial charge on any atom is 0.308 e. The zero-order valence-electron chi connectivity index (χ0n) is 15.4. The summed E-state index contributed by atoms with van der Waals surface area (Å²) in [7, 11) is 0. The number of benzene rings is 2. The molecule has 28 heavy (non-hydrogen) atoms. The van der Waals surface area contributed by atoms with E-state index in [-0.39, 0.29) is 11.8 Å². The van der Waals surface area contributed by atoms with E-state index in [0.29, 0.717) is 30.8 Å². The number of carbonyl (C=O) groups is 3. The van der Waals surface area contributed by atoms with Gasteiger partial charge in [0.15, 0.2) is 0 Å². The smallest absolute Gasteiger partial charge is 0.308 e. The number of esters is 1. The maximum atomic E-state index is 12.1. The van der Waals surface area contributed by atoms with Crippen LogP contribution in [0.25, 0.3) is 6.08 Å². The van der Waals surface area contributed by atoms with Gasteiger partial charge in [-0.25, -0.2) is 0 Å². The van der Waals surface area contributed by atoms with Gasteiger partial charge >= 0.3 is 5.97 Å². The molecule has 146 valence electrons. The van der Waals surface area contributed by atoms with Crippen LogP contribution < -0.4 is 15.4 Å². The van der Waals surface area contributed by atoms with Gasteiger partial charge in [-0.15, -0.1) is 0 Å². The van der Waals surface area contributed by atoms with Gasteiger partial charge < -0.3 is 15.4 Å². The topological polar surface area (TPSA) is 84.5 Å². The first-order chi connectivity index (χ1) is 13.4. The van der Waals surface area contributed by atoms with Crippen molar-refractivity contribution in [2.45, 2.75) is 13.3 Å². The van der Waals surface area contributed by atoms with E-state index in [0.717, 1.165) is 10.0 Å². The Morgan fingerprint density at radius 3 is 2.54 bits per heavy atom. The van der Waals surface area contributed by atoms with Crippen LogP contribution in [0, 0.1) is 0 Å². The molecule has 0 aromatic heterocycles. The van der Waals surface area contributed by atoms with Gasteiger partial charge in [-0.2, -0.15) is 0 Å². The first-order valence-corrected chi connectivity index (χ1v) is 9.51. The Morgan fingerprint density at radius 1 is 1.04 bits per heavy atom. The van der Waals surface area contributed by atoms with Crippen molar-refractivity contribution in [1.82, 2.24) is 10.6 Å². The standard InChI is InChI=1S/C21H21BrN2O4/c1-15(25)28-19-8-3-6-17(14-19)21(27)24-12-4-11-23-20(26)10-9-16-5-2-7-18(22)13-16/h2-3,5-10,13-14H,4,11-12H2,1H3,(H,23,26)(H,24,27)/b10-9+. The molecular weight excluding hydrogens is 424 g/mol. The molecule has 0 aliphatic carbocycles. The average molecular weight is 445 g/mol. The van der Waals surface area contributed by atoms with Crippen LogP contribution >= 0.6 is 15.9 Å². The molecule has 7 heteroatoms. The van der Waals surface area contributed by atoms with Crippen LogP contribution in [0.1, 0.15) is 29.3 Å². The molecular formula is C21H21BrN2O4. The van der Waals surface area contributed by atoms with Crippen molar-refractivity contribution < 1.29 is 19.1 Å². The molecule has 0 aliphatic rings. The first kappa shape index (κ1) is 21.4. The molecule has 0 saturated heterocycles. The van der Waals surface area contributed by atoms with E-state index >= 15 is 0 Å². The van der Waals surface area contributed by atoms with E-state index in [1.165, 1.54) is 19.1 Å². The van der Waals surface area contributed by atoms with Gasteiger partial charge in [0.2, 0.25) is 5.91 Å². The van der Waals surface area contributed by atoms with Crippen molar-refractivity contribution in [3.63, 3.8) is 0 Å². The summed E-state index contributed by atoms with van der Waals surface area (Å²) < 4.78 is 5.91. The minimum absolute atomic E-state index is 0.194. The molecule has 2 N–H and O–H groups in total. The summed E-state index contributed by atoms with van der Waals surface area (Å²) in [6.45, 7) is 2.15. The Morgan fingerprint density at radius 2 is 1.79 bits per heavy atom. The van der Waals surface area contributed by atoms with Crippen LogP contribution in [-0.2, 0) is 9.59 Å². The quantitative estimate of drug-likeness (QED) is 0.283. The number of carbonyl (C=O) groups excluding carboxylic acids is 3. The van der Waals surface area contributed by atoms with Gasteiger partial charge in [0.1, 0.15) is 5.75 Å². The number of halogens is 1. The van der Waals surface area contributed by atoms with E-state index in [1.54, 1.807) is 24.3 Å². The van der Waals surface area contributed by atoms with Gasteiger partial charge in [0.05, 0.1) is 0 Å². The van der Waals surface area contributed by atoms with E-state index < -0.39 is 5.97 Å². The summed E-state index contributed by atoms with van der Waals surface area (Å²) in [6, 6.07) is 14.0. The van der Waals surface area contributed by atoms with Crippen LogP contribution in [0.5, 0.6) is 5.75 Å². The predicted octanol–water partition coefficient (Wildman–Crippen LogP) is 3.32. The second-order valence-electron chi connectivity index (χ2n) is 5.91. The lowest BCUT2D eigenvalue weighted by Gasteiger charge is -2.07. The predicted molar refractivity (Wildman–Crippen MR) is 111 cm³/mol. The lowest BCUT2D eigenvalue weighted by Crippen LogP contribution is -2.29. The van der Waals surface area contributed by atoms with E-state index in [1.807, 2.05) is 24.3 Å². The van der Waals surface area contributed by atoms with Gasteiger partial charge in [0, 0.05) is 36.1 Å². The van der Waals surface area contributed by atoms with Crippen molar-refractivity contribution in [1.29, 1.82) is 0 Å². The molecule has 0 unspecified atom stereocenters. The number of nitrogens with one attached hydrogen (secondary N) is 2. The third-order valence-corrected chi connectivity index (χ3v) is 4.07. The highest BCUT2D eigenvalue weighted by Gasteiger charge is 2.07. The molecule has 2 aromatic carbocycles. The van der Waals surface area contributed by atoms with Gasteiger partial charge in [-0.1, -0.05) is 34.1 Å². The van der Waals surface area contributed by atoms with Crippen LogP contribution in [0.15, 0.2) is 59.1 Å². The Bertz CT molecular complexity index is 880. The molecule has 2 rings (SSSR count). The van der Waals surface area contributed by atoms with Crippen LogP contribution in [0.2, 0.25) is 0 Å². The zero-order valence-corrected chi connectivity index (χ0v) is 17.0.